The van der Waals surface area contributed by atoms with Crippen LogP contribution < -0.4 is 0 Å². The monoisotopic (exact) mass is 465 g/mol. The minimum Gasteiger partial charge on any atom is -0.389 e. The molecule has 3 heteroatoms. The van der Waals surface area contributed by atoms with Gasteiger partial charge in [0, 0.05) is 12.0 Å². The van der Waals surface area contributed by atoms with Gasteiger partial charge in [0.25, 0.3) is 0 Å². The Morgan fingerprint density at radius 2 is 1.71 bits per heavy atom. The van der Waals surface area contributed by atoms with Crippen molar-refractivity contribution < 1.29 is 9.84 Å². The lowest BCUT2D eigenvalue weighted by atomic mass is 9.43. The standard InChI is InChI=1S/C31H47NO2/c1-29-16-6-5-11-25(29)12-13-28-27(29)14-17-30(23-34-22-21-32-19-7-8-20-32)26(15-18-31(28,30)33)24-9-3-2-4-10-24/h2-4,9-10,25-28,33H,5-8,11-23H2,1H3/t25-,26-,27+,28-,29+,30+,31+/m1/s1. The highest BCUT2D eigenvalue weighted by Crippen LogP contribution is 2.70. The summed E-state index contributed by atoms with van der Waals surface area (Å²) in [6.07, 6.45) is 15.4. The Kier molecular flexibility index (Phi) is 6.36. The van der Waals surface area contributed by atoms with Gasteiger partial charge < -0.3 is 14.7 Å². The van der Waals surface area contributed by atoms with E-state index in [-0.39, 0.29) is 5.41 Å². The van der Waals surface area contributed by atoms with Crippen molar-refractivity contribution in [1.29, 1.82) is 0 Å². The summed E-state index contributed by atoms with van der Waals surface area (Å²) in [5, 5.41) is 12.8. The zero-order valence-electron chi connectivity index (χ0n) is 21.5. The second-order valence-corrected chi connectivity index (χ2v) is 13.0. The summed E-state index contributed by atoms with van der Waals surface area (Å²) in [6, 6.07) is 11.1. The lowest BCUT2D eigenvalue weighted by Gasteiger charge is -2.64. The summed E-state index contributed by atoms with van der Waals surface area (Å²) in [5.41, 5.74) is 1.18. The number of ether oxygens (including phenoxy) is 1. The van der Waals surface area contributed by atoms with E-state index in [1.807, 2.05) is 0 Å². The molecule has 0 aromatic heterocycles. The maximum Gasteiger partial charge on any atom is 0.0762 e. The van der Waals surface area contributed by atoms with Gasteiger partial charge in [-0.15, -0.1) is 0 Å². The molecule has 3 nitrogen and oxygen atoms in total. The largest absolute Gasteiger partial charge is 0.389 e. The SMILES string of the molecule is C[C@]12CCCC[C@@H]1CC[C@@H]1[C@@H]2CC[C@]2(COCCN3CCCC3)[C@@H](c3ccccc3)CC[C@]12O. The van der Waals surface area contributed by atoms with Crippen LogP contribution in [0.25, 0.3) is 0 Å². The smallest absolute Gasteiger partial charge is 0.0762 e. The molecule has 1 N–H and O–H groups in total. The topological polar surface area (TPSA) is 32.7 Å². The van der Waals surface area contributed by atoms with Crippen LogP contribution in [0.2, 0.25) is 0 Å². The minimum absolute atomic E-state index is 0.127. The van der Waals surface area contributed by atoms with Crippen LogP contribution in [0.3, 0.4) is 0 Å². The Labute approximate surface area is 207 Å². The Morgan fingerprint density at radius 3 is 2.53 bits per heavy atom. The Hall–Kier alpha value is -0.900. The van der Waals surface area contributed by atoms with Gasteiger partial charge in [0.05, 0.1) is 18.8 Å². The van der Waals surface area contributed by atoms with Crippen LogP contribution in [0.1, 0.15) is 95.5 Å². The molecule has 188 valence electrons. The van der Waals surface area contributed by atoms with E-state index in [4.69, 9.17) is 4.74 Å². The third-order valence-electron chi connectivity index (χ3n) is 11.8. The first kappa shape index (κ1) is 23.5. The van der Waals surface area contributed by atoms with Crippen molar-refractivity contribution in [1.82, 2.24) is 4.90 Å². The van der Waals surface area contributed by atoms with Crippen molar-refractivity contribution in [3.05, 3.63) is 35.9 Å². The van der Waals surface area contributed by atoms with Crippen molar-refractivity contribution >= 4 is 0 Å². The van der Waals surface area contributed by atoms with Crippen LogP contribution in [-0.4, -0.2) is 48.5 Å². The van der Waals surface area contributed by atoms with Crippen LogP contribution in [-0.2, 0) is 4.74 Å². The number of nitrogens with zero attached hydrogens (tertiary/aromatic N) is 1. The molecule has 5 aliphatic rings. The lowest BCUT2D eigenvalue weighted by Crippen LogP contribution is -2.63. The predicted octanol–water partition coefficient (Wildman–Crippen LogP) is 6.41. The van der Waals surface area contributed by atoms with E-state index in [9.17, 15) is 5.11 Å². The Balaban J connectivity index is 1.28. The van der Waals surface area contributed by atoms with Gasteiger partial charge >= 0.3 is 0 Å². The van der Waals surface area contributed by atoms with Gasteiger partial charge in [0.1, 0.15) is 0 Å². The van der Waals surface area contributed by atoms with E-state index in [2.05, 4.69) is 42.2 Å². The van der Waals surface area contributed by atoms with Crippen molar-refractivity contribution in [3.63, 3.8) is 0 Å². The molecule has 0 unspecified atom stereocenters. The Morgan fingerprint density at radius 1 is 0.882 bits per heavy atom. The maximum absolute atomic E-state index is 12.8. The predicted molar refractivity (Wildman–Crippen MR) is 138 cm³/mol. The van der Waals surface area contributed by atoms with Crippen molar-refractivity contribution in [2.45, 2.75) is 95.5 Å². The molecule has 4 aliphatic carbocycles. The molecule has 0 amide bonds. The van der Waals surface area contributed by atoms with E-state index >= 15 is 0 Å². The number of likely N-dealkylation sites (tertiary alicyclic amines) is 1. The number of benzene rings is 1. The molecular formula is C31H47NO2. The van der Waals surface area contributed by atoms with Crippen LogP contribution in [0.5, 0.6) is 0 Å². The van der Waals surface area contributed by atoms with Gasteiger partial charge in [-0.25, -0.2) is 0 Å². The fourth-order valence-electron chi connectivity index (χ4n) is 10.0. The molecule has 1 aromatic rings. The van der Waals surface area contributed by atoms with Gasteiger partial charge in [0.2, 0.25) is 0 Å². The first-order chi connectivity index (χ1) is 16.6. The molecule has 5 fully saturated rings. The van der Waals surface area contributed by atoms with Crippen LogP contribution in [0.15, 0.2) is 30.3 Å². The average Bonchev–Trinajstić information content (AvgIpc) is 3.48. The van der Waals surface area contributed by atoms with Gasteiger partial charge in [-0.05, 0) is 112 Å². The molecule has 6 rings (SSSR count). The lowest BCUT2D eigenvalue weighted by molar-refractivity contribution is -0.220. The van der Waals surface area contributed by atoms with Gasteiger partial charge in [-0.3, -0.25) is 0 Å². The second-order valence-electron chi connectivity index (χ2n) is 13.0. The van der Waals surface area contributed by atoms with Crippen molar-refractivity contribution in [2.24, 2.45) is 28.6 Å². The number of fused-ring (bicyclic) bond motifs is 5. The molecule has 0 radical (unpaired) electrons. The van der Waals surface area contributed by atoms with E-state index in [1.54, 1.807) is 0 Å². The van der Waals surface area contributed by atoms with E-state index in [0.29, 0.717) is 23.2 Å². The first-order valence-corrected chi connectivity index (χ1v) is 14.6. The van der Waals surface area contributed by atoms with Gasteiger partial charge in [-0.1, -0.05) is 50.1 Å². The highest BCUT2D eigenvalue weighted by molar-refractivity contribution is 5.30. The highest BCUT2D eigenvalue weighted by atomic mass is 16.5. The molecule has 7 atom stereocenters. The molecule has 0 spiro atoms. The highest BCUT2D eigenvalue weighted by Gasteiger charge is 2.68. The molecular weight excluding hydrogens is 418 g/mol. The zero-order valence-corrected chi connectivity index (χ0v) is 21.5. The molecule has 1 heterocycles. The average molecular weight is 466 g/mol. The van der Waals surface area contributed by atoms with Crippen LogP contribution in [0.4, 0.5) is 0 Å². The normalized spacial score (nSPS) is 44.4. The second kappa shape index (κ2) is 9.20. The van der Waals surface area contributed by atoms with E-state index in [0.717, 1.165) is 44.9 Å². The Bertz CT molecular complexity index is 837. The third-order valence-corrected chi connectivity index (χ3v) is 11.8. The summed E-state index contributed by atoms with van der Waals surface area (Å²) < 4.78 is 6.57. The number of rotatable bonds is 6. The van der Waals surface area contributed by atoms with Crippen LogP contribution >= 0.6 is 0 Å². The minimum atomic E-state index is -0.574. The molecule has 34 heavy (non-hydrogen) atoms. The summed E-state index contributed by atoms with van der Waals surface area (Å²) in [4.78, 5) is 2.55. The quantitative estimate of drug-likeness (QED) is 0.493. The van der Waals surface area contributed by atoms with Gasteiger partial charge in [-0.2, -0.15) is 0 Å². The van der Waals surface area contributed by atoms with Crippen molar-refractivity contribution in [2.75, 3.05) is 32.8 Å². The summed E-state index contributed by atoms with van der Waals surface area (Å²) in [6.45, 7) is 7.67. The zero-order chi connectivity index (χ0) is 23.2. The van der Waals surface area contributed by atoms with Crippen LogP contribution in [0, 0.1) is 28.6 Å². The first-order valence-electron chi connectivity index (χ1n) is 14.6. The third kappa shape index (κ3) is 3.63. The number of aliphatic hydroxyl groups is 1. The summed E-state index contributed by atoms with van der Waals surface area (Å²) in [5.74, 6) is 2.46. The molecule has 1 saturated heterocycles. The number of hydrogen-bond donors (Lipinski definition) is 1. The van der Waals surface area contributed by atoms with Gasteiger partial charge in [0.15, 0.2) is 0 Å². The summed E-state index contributed by atoms with van der Waals surface area (Å²) in [7, 11) is 0. The molecule has 0 bridgehead atoms. The number of hydrogen-bond acceptors (Lipinski definition) is 3. The van der Waals surface area contributed by atoms with E-state index < -0.39 is 5.60 Å². The summed E-state index contributed by atoms with van der Waals surface area (Å²) >= 11 is 0. The fourth-order valence-corrected chi connectivity index (χ4v) is 10.0. The molecule has 4 saturated carbocycles. The molecule has 1 aromatic carbocycles. The maximum atomic E-state index is 12.8. The van der Waals surface area contributed by atoms with Crippen molar-refractivity contribution in [3.8, 4) is 0 Å². The van der Waals surface area contributed by atoms with E-state index in [1.165, 1.54) is 76.4 Å². The fraction of sp³-hybridized carbons (Fsp3) is 0.806. The molecule has 1 aliphatic heterocycles.